The quantitative estimate of drug-likeness (QED) is 0.242. The number of carbonyl (C=O) groups is 1. The van der Waals surface area contributed by atoms with Crippen molar-refractivity contribution in [2.24, 2.45) is 5.73 Å². The average Bonchev–Trinajstić information content (AvgIpc) is 2.92. The molecule has 1 fully saturated rings. The fourth-order valence-electron chi connectivity index (χ4n) is 4.73. The third kappa shape index (κ3) is 5.53. The second-order valence-electron chi connectivity index (χ2n) is 8.82. The highest BCUT2D eigenvalue weighted by molar-refractivity contribution is 6.00. The molecule has 2 aromatic carbocycles. The number of nitrogens with two attached hydrogens (primary N) is 1. The van der Waals surface area contributed by atoms with Crippen molar-refractivity contribution in [1.82, 2.24) is 9.97 Å². The molecule has 0 radical (unpaired) electrons. The third-order valence-corrected chi connectivity index (χ3v) is 6.54. The number of rotatable bonds is 10. The summed E-state index contributed by atoms with van der Waals surface area (Å²) in [6.45, 7) is 0. The summed E-state index contributed by atoms with van der Waals surface area (Å²) in [6.07, 6.45) is 6.31. The molecule has 1 heterocycles. The number of ether oxygens (including phenoxy) is 3. The maximum Gasteiger partial charge on any atom is 0.329 e. The number of nitrogens with zero attached hydrogens (tertiary/aromatic N) is 3. The third-order valence-electron chi connectivity index (χ3n) is 6.54. The molecule has 1 amide bonds. The molecule has 38 heavy (non-hydrogen) atoms. The summed E-state index contributed by atoms with van der Waals surface area (Å²) >= 11 is 0. The predicted octanol–water partition coefficient (Wildman–Crippen LogP) is 5.04. The minimum Gasteiger partial charge on any atom is -0.493 e. The van der Waals surface area contributed by atoms with Gasteiger partial charge in [-0.15, -0.1) is 0 Å². The van der Waals surface area contributed by atoms with Crippen molar-refractivity contribution < 1.29 is 23.9 Å². The van der Waals surface area contributed by atoms with E-state index in [0.29, 0.717) is 28.6 Å². The Labute approximate surface area is 219 Å². The van der Waals surface area contributed by atoms with Gasteiger partial charge in [-0.3, -0.25) is 14.9 Å². The van der Waals surface area contributed by atoms with E-state index in [4.69, 9.17) is 19.9 Å². The molecule has 4 rings (SSSR count). The molecule has 4 N–H and O–H groups in total. The van der Waals surface area contributed by atoms with Crippen molar-refractivity contribution in [3.8, 4) is 17.2 Å². The highest BCUT2D eigenvalue weighted by atomic mass is 16.6. The summed E-state index contributed by atoms with van der Waals surface area (Å²) in [5, 5.41) is 17.9. The van der Waals surface area contributed by atoms with Crippen LogP contribution in [-0.2, 0) is 0 Å². The van der Waals surface area contributed by atoms with E-state index in [2.05, 4.69) is 20.6 Å². The zero-order chi connectivity index (χ0) is 27.2. The number of amides is 1. The Morgan fingerprint density at radius 1 is 1.05 bits per heavy atom. The number of hydrogen-bond acceptors (Lipinski definition) is 10. The van der Waals surface area contributed by atoms with Crippen molar-refractivity contribution >= 4 is 34.7 Å². The van der Waals surface area contributed by atoms with E-state index in [0.717, 1.165) is 43.9 Å². The molecule has 3 aromatic rings. The maximum absolute atomic E-state index is 12.3. The van der Waals surface area contributed by atoms with Crippen LogP contribution in [0.15, 0.2) is 36.5 Å². The first-order chi connectivity index (χ1) is 18.4. The summed E-state index contributed by atoms with van der Waals surface area (Å²) in [4.78, 5) is 32.1. The van der Waals surface area contributed by atoms with Crippen LogP contribution in [0.1, 0.15) is 53.9 Å². The molecule has 0 atom stereocenters. The summed E-state index contributed by atoms with van der Waals surface area (Å²) in [5.41, 5.74) is 7.37. The molecule has 0 saturated heterocycles. The molecule has 1 saturated carbocycles. The molecule has 12 nitrogen and oxygen atoms in total. The Morgan fingerprint density at radius 2 is 1.74 bits per heavy atom. The normalized spacial score (nSPS) is 13.4. The molecule has 0 bridgehead atoms. The number of benzene rings is 2. The van der Waals surface area contributed by atoms with Crippen molar-refractivity contribution in [2.45, 2.75) is 38.0 Å². The number of primary amides is 1. The molecular formula is C26H30N6O6. The van der Waals surface area contributed by atoms with E-state index in [-0.39, 0.29) is 28.9 Å². The van der Waals surface area contributed by atoms with Gasteiger partial charge in [0.2, 0.25) is 17.5 Å². The first-order valence-corrected chi connectivity index (χ1v) is 12.1. The van der Waals surface area contributed by atoms with Crippen LogP contribution in [0.3, 0.4) is 0 Å². The Morgan fingerprint density at radius 3 is 2.32 bits per heavy atom. The lowest BCUT2D eigenvalue weighted by Gasteiger charge is -2.25. The van der Waals surface area contributed by atoms with Crippen molar-refractivity contribution in [3.63, 3.8) is 0 Å². The topological polar surface area (TPSA) is 164 Å². The zero-order valence-corrected chi connectivity index (χ0v) is 21.4. The largest absolute Gasteiger partial charge is 0.493 e. The van der Waals surface area contributed by atoms with Gasteiger partial charge in [-0.25, -0.2) is 4.98 Å². The monoisotopic (exact) mass is 522 g/mol. The fraction of sp³-hybridized carbons (Fsp3) is 0.346. The Hall–Kier alpha value is -4.61. The fourth-order valence-corrected chi connectivity index (χ4v) is 4.73. The SMILES string of the molecule is COc1cc(Nc2ncc([N+](=O)[O-])c(Nc3c(C(N)=O)cccc3C3CCCCC3)n2)cc(OC)c1OC. The number of carbonyl (C=O) groups excluding carboxylic acids is 1. The van der Waals surface area contributed by atoms with Crippen LogP contribution in [0.2, 0.25) is 0 Å². The number of nitrogens with one attached hydrogen (secondary N) is 2. The first kappa shape index (κ1) is 26.5. The van der Waals surface area contributed by atoms with Crippen molar-refractivity contribution in [1.29, 1.82) is 0 Å². The lowest BCUT2D eigenvalue weighted by atomic mass is 9.82. The number of para-hydroxylation sites is 1. The Balaban J connectivity index is 1.75. The second-order valence-corrected chi connectivity index (χ2v) is 8.82. The van der Waals surface area contributed by atoms with Gasteiger partial charge in [0.05, 0.1) is 37.5 Å². The first-order valence-electron chi connectivity index (χ1n) is 12.1. The number of aromatic nitrogens is 2. The molecule has 1 aliphatic carbocycles. The summed E-state index contributed by atoms with van der Waals surface area (Å²) < 4.78 is 16.1. The van der Waals surface area contributed by atoms with E-state index in [1.807, 2.05) is 6.07 Å². The van der Waals surface area contributed by atoms with Crippen LogP contribution in [0, 0.1) is 10.1 Å². The molecule has 12 heteroatoms. The van der Waals surface area contributed by atoms with E-state index in [9.17, 15) is 14.9 Å². The van der Waals surface area contributed by atoms with E-state index in [1.165, 1.54) is 21.3 Å². The van der Waals surface area contributed by atoms with Gasteiger partial charge in [-0.2, -0.15) is 4.98 Å². The molecule has 0 spiro atoms. The minimum absolute atomic E-state index is 0.0724. The predicted molar refractivity (Wildman–Crippen MR) is 142 cm³/mol. The number of methoxy groups -OCH3 is 3. The van der Waals surface area contributed by atoms with Gasteiger partial charge in [0.1, 0.15) is 6.20 Å². The molecule has 1 aliphatic rings. The Kier molecular flexibility index (Phi) is 8.09. The van der Waals surface area contributed by atoms with Gasteiger partial charge >= 0.3 is 5.69 Å². The number of anilines is 4. The van der Waals surface area contributed by atoms with Crippen LogP contribution in [0.4, 0.5) is 28.8 Å². The number of nitro groups is 1. The lowest BCUT2D eigenvalue weighted by Crippen LogP contribution is -2.17. The van der Waals surface area contributed by atoms with Crippen molar-refractivity contribution in [3.05, 3.63) is 57.8 Å². The van der Waals surface area contributed by atoms with Gasteiger partial charge in [0, 0.05) is 17.8 Å². The van der Waals surface area contributed by atoms with Crippen LogP contribution in [0.25, 0.3) is 0 Å². The molecule has 1 aromatic heterocycles. The maximum atomic E-state index is 12.3. The summed E-state index contributed by atoms with van der Waals surface area (Å²) in [5.74, 6) is 0.768. The van der Waals surface area contributed by atoms with E-state index < -0.39 is 10.8 Å². The number of hydrogen-bond donors (Lipinski definition) is 3. The van der Waals surface area contributed by atoms with Gasteiger partial charge in [-0.05, 0) is 30.4 Å². The lowest BCUT2D eigenvalue weighted by molar-refractivity contribution is -0.384. The molecule has 0 unspecified atom stereocenters. The van der Waals surface area contributed by atoms with E-state index in [1.54, 1.807) is 24.3 Å². The Bertz CT molecular complexity index is 1320. The van der Waals surface area contributed by atoms with Gasteiger partial charge in [-0.1, -0.05) is 31.4 Å². The minimum atomic E-state index is -0.641. The van der Waals surface area contributed by atoms with Gasteiger partial charge < -0.3 is 30.6 Å². The molecule has 200 valence electrons. The highest BCUT2D eigenvalue weighted by Crippen LogP contribution is 2.42. The second kappa shape index (κ2) is 11.6. The van der Waals surface area contributed by atoms with Crippen LogP contribution in [0.5, 0.6) is 17.2 Å². The highest BCUT2D eigenvalue weighted by Gasteiger charge is 2.25. The van der Waals surface area contributed by atoms with Gasteiger partial charge in [0.15, 0.2) is 11.5 Å². The van der Waals surface area contributed by atoms with Crippen LogP contribution < -0.4 is 30.6 Å². The zero-order valence-electron chi connectivity index (χ0n) is 21.4. The smallest absolute Gasteiger partial charge is 0.329 e. The van der Waals surface area contributed by atoms with Crippen molar-refractivity contribution in [2.75, 3.05) is 32.0 Å². The van der Waals surface area contributed by atoms with E-state index >= 15 is 0 Å². The van der Waals surface area contributed by atoms with Gasteiger partial charge in [0.25, 0.3) is 5.91 Å². The summed E-state index contributed by atoms with van der Waals surface area (Å²) in [6, 6.07) is 8.61. The standard InChI is InChI=1S/C26H30N6O6/c1-36-20-12-16(13-21(37-2)23(20)38-3)29-26-28-14-19(32(34)35)25(31-26)30-22-17(15-8-5-4-6-9-15)10-7-11-18(22)24(27)33/h7,10-15H,4-6,8-9H2,1-3H3,(H2,27,33)(H2,28,29,30,31). The molecule has 0 aliphatic heterocycles. The summed E-state index contributed by atoms with van der Waals surface area (Å²) in [7, 11) is 4.48. The molecular weight excluding hydrogens is 492 g/mol. The van der Waals surface area contributed by atoms with Crippen LogP contribution in [-0.4, -0.2) is 42.1 Å². The average molecular weight is 523 g/mol. The van der Waals surface area contributed by atoms with Crippen LogP contribution >= 0.6 is 0 Å².